The van der Waals surface area contributed by atoms with Gasteiger partial charge in [-0.25, -0.2) is 13.8 Å². The first-order chi connectivity index (χ1) is 14.0. The first kappa shape index (κ1) is 21.0. The van der Waals surface area contributed by atoms with Gasteiger partial charge in [-0.15, -0.1) is 0 Å². The van der Waals surface area contributed by atoms with Crippen LogP contribution in [0.5, 0.6) is 5.75 Å². The highest BCUT2D eigenvalue weighted by Gasteiger charge is 2.18. The average molecular weight is 406 g/mol. The summed E-state index contributed by atoms with van der Waals surface area (Å²) in [4.78, 5) is 14.8. The molecule has 0 amide bonds. The van der Waals surface area contributed by atoms with E-state index in [1.165, 1.54) is 12.1 Å². The summed E-state index contributed by atoms with van der Waals surface area (Å²) in [6, 6.07) is 5.86. The molecule has 2 N–H and O–H groups in total. The van der Waals surface area contributed by atoms with E-state index in [0.29, 0.717) is 29.4 Å². The number of hydrogen-bond donors (Lipinski definition) is 2. The molecule has 0 spiro atoms. The predicted molar refractivity (Wildman–Crippen MR) is 104 cm³/mol. The number of aliphatic carboxylic acids is 1. The topological polar surface area (TPSA) is 80.7 Å². The SMILES string of the molecule is O=C(O)CCCOc1c(F)cc(-c2cccnc2NCC2CCOCC2)cc1F. The molecule has 8 heteroatoms. The van der Waals surface area contributed by atoms with Crippen LogP contribution in [0.1, 0.15) is 25.7 Å². The number of rotatable bonds is 9. The minimum atomic E-state index is -0.984. The highest BCUT2D eigenvalue weighted by atomic mass is 19.1. The molecule has 6 nitrogen and oxygen atoms in total. The number of pyridine rings is 1. The van der Waals surface area contributed by atoms with Crippen LogP contribution in [0.3, 0.4) is 0 Å². The second kappa shape index (κ2) is 10.2. The number of hydrogen-bond acceptors (Lipinski definition) is 5. The van der Waals surface area contributed by atoms with E-state index < -0.39 is 23.4 Å². The standard InChI is InChI=1S/C21H24F2N2O4/c22-17-11-15(12-18(23)20(17)29-8-2-4-19(26)27)16-3-1-7-24-21(16)25-13-14-5-9-28-10-6-14/h1,3,7,11-12,14H,2,4-6,8-10,13H2,(H,24,25)(H,26,27). The van der Waals surface area contributed by atoms with Gasteiger partial charge in [0, 0.05) is 37.9 Å². The maximum absolute atomic E-state index is 14.5. The lowest BCUT2D eigenvalue weighted by Gasteiger charge is -2.23. The second-order valence-corrected chi connectivity index (χ2v) is 6.95. The molecule has 156 valence electrons. The maximum Gasteiger partial charge on any atom is 0.303 e. The van der Waals surface area contributed by atoms with Crippen LogP contribution in [-0.2, 0) is 9.53 Å². The van der Waals surface area contributed by atoms with Gasteiger partial charge >= 0.3 is 5.97 Å². The molecule has 0 bridgehead atoms. The Balaban J connectivity index is 1.72. The molecule has 29 heavy (non-hydrogen) atoms. The van der Waals surface area contributed by atoms with Gasteiger partial charge in [0.1, 0.15) is 5.82 Å². The van der Waals surface area contributed by atoms with Gasteiger partial charge in [-0.05, 0) is 55.0 Å². The number of nitrogens with one attached hydrogen (secondary N) is 1. The van der Waals surface area contributed by atoms with Crippen molar-refractivity contribution in [2.45, 2.75) is 25.7 Å². The first-order valence-electron chi connectivity index (χ1n) is 9.65. The third kappa shape index (κ3) is 5.87. The highest BCUT2D eigenvalue weighted by Crippen LogP contribution is 2.32. The summed E-state index contributed by atoms with van der Waals surface area (Å²) >= 11 is 0. The van der Waals surface area contributed by atoms with E-state index in [1.807, 2.05) is 0 Å². The third-order valence-electron chi connectivity index (χ3n) is 4.80. The number of ether oxygens (including phenoxy) is 2. The molecule has 0 radical (unpaired) electrons. The fourth-order valence-electron chi connectivity index (χ4n) is 3.22. The Morgan fingerprint density at radius 3 is 2.69 bits per heavy atom. The lowest BCUT2D eigenvalue weighted by molar-refractivity contribution is -0.137. The summed E-state index contributed by atoms with van der Waals surface area (Å²) in [7, 11) is 0. The Bertz CT molecular complexity index is 818. The number of aromatic nitrogens is 1. The number of anilines is 1. The largest absolute Gasteiger partial charge is 0.488 e. The molecule has 2 heterocycles. The zero-order chi connectivity index (χ0) is 20.6. The Kier molecular flexibility index (Phi) is 7.35. The van der Waals surface area contributed by atoms with Crippen molar-refractivity contribution < 1.29 is 28.2 Å². The number of carboxylic acid groups (broad SMARTS) is 1. The first-order valence-corrected chi connectivity index (χ1v) is 9.65. The molecule has 1 aromatic carbocycles. The number of benzene rings is 1. The van der Waals surface area contributed by atoms with Crippen LogP contribution in [0, 0.1) is 17.6 Å². The van der Waals surface area contributed by atoms with E-state index in [2.05, 4.69) is 10.3 Å². The van der Waals surface area contributed by atoms with E-state index in [-0.39, 0.29) is 19.4 Å². The minimum Gasteiger partial charge on any atom is -0.488 e. The van der Waals surface area contributed by atoms with Crippen LogP contribution in [0.4, 0.5) is 14.6 Å². The van der Waals surface area contributed by atoms with Crippen molar-refractivity contribution in [2.24, 2.45) is 5.92 Å². The molecule has 1 aliphatic heterocycles. The van der Waals surface area contributed by atoms with Gasteiger partial charge in [0.25, 0.3) is 0 Å². The molecule has 1 aromatic heterocycles. The molecule has 0 aliphatic carbocycles. The lowest BCUT2D eigenvalue weighted by Crippen LogP contribution is -2.23. The molecular formula is C21H24F2N2O4. The third-order valence-corrected chi connectivity index (χ3v) is 4.80. The van der Waals surface area contributed by atoms with Gasteiger partial charge in [-0.2, -0.15) is 0 Å². The van der Waals surface area contributed by atoms with Crippen LogP contribution in [0.15, 0.2) is 30.5 Å². The monoisotopic (exact) mass is 406 g/mol. The van der Waals surface area contributed by atoms with Gasteiger partial charge in [0.05, 0.1) is 6.61 Å². The number of carbonyl (C=O) groups is 1. The van der Waals surface area contributed by atoms with Gasteiger partial charge in [0.2, 0.25) is 0 Å². The Labute approximate surface area is 167 Å². The van der Waals surface area contributed by atoms with E-state index in [9.17, 15) is 13.6 Å². The lowest BCUT2D eigenvalue weighted by atomic mass is 10.00. The van der Waals surface area contributed by atoms with Crippen LogP contribution in [0.25, 0.3) is 11.1 Å². The van der Waals surface area contributed by atoms with Crippen LogP contribution in [0.2, 0.25) is 0 Å². The minimum absolute atomic E-state index is 0.0791. The van der Waals surface area contributed by atoms with E-state index in [4.69, 9.17) is 14.6 Å². The van der Waals surface area contributed by atoms with Crippen molar-refractivity contribution in [3.05, 3.63) is 42.1 Å². The molecule has 0 saturated carbocycles. The molecule has 3 rings (SSSR count). The van der Waals surface area contributed by atoms with Crippen LogP contribution >= 0.6 is 0 Å². The second-order valence-electron chi connectivity index (χ2n) is 6.95. The van der Waals surface area contributed by atoms with Crippen molar-refractivity contribution in [1.82, 2.24) is 4.98 Å². The van der Waals surface area contributed by atoms with Crippen molar-refractivity contribution >= 4 is 11.8 Å². The number of carboxylic acids is 1. The van der Waals surface area contributed by atoms with Crippen LogP contribution < -0.4 is 10.1 Å². The van der Waals surface area contributed by atoms with Gasteiger partial charge in [0.15, 0.2) is 17.4 Å². The van der Waals surface area contributed by atoms with Gasteiger partial charge < -0.3 is 19.9 Å². The van der Waals surface area contributed by atoms with Gasteiger partial charge in [-0.1, -0.05) is 0 Å². The average Bonchev–Trinajstić information content (AvgIpc) is 2.72. The van der Waals surface area contributed by atoms with Crippen LogP contribution in [-0.4, -0.2) is 42.4 Å². The normalized spacial score (nSPS) is 14.6. The molecule has 2 aromatic rings. The summed E-state index contributed by atoms with van der Waals surface area (Å²) < 4.78 is 39.4. The van der Waals surface area contributed by atoms with Crippen molar-refractivity contribution in [2.75, 3.05) is 31.7 Å². The quantitative estimate of drug-likeness (QED) is 0.610. The summed E-state index contributed by atoms with van der Waals surface area (Å²) in [5, 5.41) is 11.9. The molecule has 1 saturated heterocycles. The Morgan fingerprint density at radius 1 is 1.28 bits per heavy atom. The number of nitrogens with zero attached hydrogens (tertiary/aromatic N) is 1. The summed E-state index contributed by atoms with van der Waals surface area (Å²) in [6.07, 6.45) is 3.60. The zero-order valence-corrected chi connectivity index (χ0v) is 16.0. The Morgan fingerprint density at radius 2 is 2.00 bits per heavy atom. The van der Waals surface area contributed by atoms with E-state index in [1.54, 1.807) is 18.3 Å². The molecule has 1 aliphatic rings. The highest BCUT2D eigenvalue weighted by molar-refractivity contribution is 5.75. The summed E-state index contributed by atoms with van der Waals surface area (Å²) in [5.74, 6) is -2.13. The van der Waals surface area contributed by atoms with Crippen molar-refractivity contribution in [3.63, 3.8) is 0 Å². The fourth-order valence-corrected chi connectivity index (χ4v) is 3.22. The predicted octanol–water partition coefficient (Wildman–Crippen LogP) is 4.11. The van der Waals surface area contributed by atoms with E-state index >= 15 is 0 Å². The smallest absolute Gasteiger partial charge is 0.303 e. The van der Waals surface area contributed by atoms with Gasteiger partial charge in [-0.3, -0.25) is 4.79 Å². The van der Waals surface area contributed by atoms with Crippen molar-refractivity contribution in [3.8, 4) is 16.9 Å². The number of halogens is 2. The Hall–Kier alpha value is -2.74. The zero-order valence-electron chi connectivity index (χ0n) is 16.0. The molecular weight excluding hydrogens is 382 g/mol. The molecule has 1 fully saturated rings. The maximum atomic E-state index is 14.5. The fraction of sp³-hybridized carbons (Fsp3) is 0.429. The summed E-state index contributed by atoms with van der Waals surface area (Å²) in [6.45, 7) is 2.12. The van der Waals surface area contributed by atoms with Crippen molar-refractivity contribution in [1.29, 1.82) is 0 Å². The summed E-state index contributed by atoms with van der Waals surface area (Å²) in [5.41, 5.74) is 0.940. The molecule has 0 atom stereocenters. The molecule has 0 unspecified atom stereocenters. The van der Waals surface area contributed by atoms with E-state index in [0.717, 1.165) is 26.1 Å².